The second kappa shape index (κ2) is 82.0. The van der Waals surface area contributed by atoms with Gasteiger partial charge in [0, 0.05) is 0 Å². The molecule has 0 aliphatic rings. The molecular weight excluding hydrogens is 729 g/mol. The zero-order valence-electron chi connectivity index (χ0n) is 25.0. The van der Waals surface area contributed by atoms with Crippen LogP contribution in [0.5, 0.6) is 0 Å². The molecular formula is H37B12NaO36. The molecule has 0 saturated carbocycles. The van der Waals surface area contributed by atoms with Gasteiger partial charge in [-0.2, -0.15) is 0 Å². The van der Waals surface area contributed by atoms with E-state index in [0.29, 0.717) is 0 Å². The van der Waals surface area contributed by atoms with Crippen molar-refractivity contribution >= 4 is 87.9 Å². The summed E-state index contributed by atoms with van der Waals surface area (Å²) in [6.45, 7) is 0. The molecule has 0 aromatic heterocycles. The van der Waals surface area contributed by atoms with Crippen LogP contribution in [0.2, 0.25) is 0 Å². The third-order valence-electron chi connectivity index (χ3n) is 0. The largest absolute Gasteiger partial charge is 1.00 e. The predicted molar refractivity (Wildman–Crippen MR) is 150 cm³/mol. The normalized spacial score (nSPS) is 6.61. The molecule has 0 radical (unpaired) electrons. The van der Waals surface area contributed by atoms with E-state index >= 15 is 0 Å². The molecule has 36 nitrogen and oxygen atoms in total. The summed E-state index contributed by atoms with van der Waals surface area (Å²) in [6.07, 6.45) is 0. The van der Waals surface area contributed by atoms with Crippen molar-refractivity contribution in [3.8, 4) is 0 Å². The molecule has 49 heteroatoms. The summed E-state index contributed by atoms with van der Waals surface area (Å²) in [6, 6.07) is 0. The van der Waals surface area contributed by atoms with Gasteiger partial charge in [-0.1, -0.05) is 0 Å². The van der Waals surface area contributed by atoms with Crippen LogP contribution in [0.1, 0.15) is 1.43 Å². The second-order valence-electron chi connectivity index (χ2n) is 4.16. The summed E-state index contributed by atoms with van der Waals surface area (Å²) < 4.78 is 0. The van der Waals surface area contributed by atoms with Crippen molar-refractivity contribution < 1.29 is 212 Å². The average molecular weight is 766 g/mol. The fraction of sp³-hybridized carbons (Fsp3) is 0. The maximum Gasteiger partial charge on any atom is 1.00 e. The molecule has 0 aliphatic heterocycles. The van der Waals surface area contributed by atoms with Crippen LogP contribution in [0.4, 0.5) is 0 Å². The molecule has 0 aromatic carbocycles. The first-order valence-electron chi connectivity index (χ1n) is 9.30. The average Bonchev–Trinajstić information content (AvgIpc) is 2.61. The molecule has 290 valence electrons. The molecule has 0 aliphatic carbocycles. The van der Waals surface area contributed by atoms with Crippen molar-refractivity contribution in [1.29, 1.82) is 0 Å². The molecule has 0 fully saturated rings. The van der Waals surface area contributed by atoms with E-state index < -0.39 is 87.9 Å². The maximum atomic E-state index is 7.17. The van der Waals surface area contributed by atoms with Gasteiger partial charge in [-0.25, -0.2) is 0 Å². The Kier molecular flexibility index (Phi) is 146. The molecule has 0 atom stereocenters. The Morgan fingerprint density at radius 3 is 0.122 bits per heavy atom. The predicted octanol–water partition coefficient (Wildman–Crippen LogP) is -27.5. The Labute approximate surface area is 299 Å². The topological polar surface area (TPSA) is 728 Å². The van der Waals surface area contributed by atoms with E-state index in [1.165, 1.54) is 0 Å². The third kappa shape index (κ3) is 902000. The Morgan fingerprint density at radius 1 is 0.122 bits per heavy atom. The van der Waals surface area contributed by atoms with Gasteiger partial charge in [0.1, 0.15) is 0 Å². The number of rotatable bonds is 0. The molecule has 0 bridgehead atoms. The van der Waals surface area contributed by atoms with Crippen molar-refractivity contribution in [2.45, 2.75) is 0 Å². The van der Waals surface area contributed by atoms with E-state index in [9.17, 15) is 0 Å². The van der Waals surface area contributed by atoms with Crippen molar-refractivity contribution in [1.82, 2.24) is 0 Å². The number of hydrogen-bond acceptors (Lipinski definition) is 36. The van der Waals surface area contributed by atoms with Gasteiger partial charge in [-0.15, -0.1) is 0 Å². The Balaban J connectivity index is -0.0000000235. The molecule has 0 spiro atoms. The van der Waals surface area contributed by atoms with Gasteiger partial charge in [-0.05, 0) is 0 Å². The standard InChI is InChI=1S/12BH3O3.Na.H/c12*2-1(3)4;;/h12*2-4H;;/q;;;;;;;;;;;;+1;-1. The molecule has 0 heterocycles. The summed E-state index contributed by atoms with van der Waals surface area (Å²) in [4.78, 5) is 0. The van der Waals surface area contributed by atoms with Crippen LogP contribution in [0.15, 0.2) is 0 Å². The Morgan fingerprint density at radius 2 is 0.122 bits per heavy atom. The van der Waals surface area contributed by atoms with Crippen LogP contribution >= 0.6 is 0 Å². The van der Waals surface area contributed by atoms with Crippen molar-refractivity contribution in [3.63, 3.8) is 0 Å². The van der Waals surface area contributed by atoms with Crippen LogP contribution < -0.4 is 29.6 Å². The van der Waals surface area contributed by atoms with E-state index in [4.69, 9.17) is 181 Å². The first kappa shape index (κ1) is 87.3. The third-order valence-corrected chi connectivity index (χ3v) is 0. The summed E-state index contributed by atoms with van der Waals surface area (Å²) in [5.74, 6) is 0. The summed E-state index contributed by atoms with van der Waals surface area (Å²) in [5, 5.41) is 258. The second-order valence-corrected chi connectivity index (χ2v) is 4.16. The minimum absolute atomic E-state index is 0. The quantitative estimate of drug-likeness (QED) is 0.102. The van der Waals surface area contributed by atoms with Crippen molar-refractivity contribution in [2.24, 2.45) is 0 Å². The van der Waals surface area contributed by atoms with Crippen LogP contribution in [-0.4, -0.2) is 269 Å². The zero-order valence-corrected chi connectivity index (χ0v) is 26.0. The fourth-order valence-corrected chi connectivity index (χ4v) is 0. The van der Waals surface area contributed by atoms with Crippen LogP contribution in [-0.2, 0) is 0 Å². The Hall–Kier alpha value is 0.339. The minimum Gasteiger partial charge on any atom is -1.00 e. The van der Waals surface area contributed by atoms with Gasteiger partial charge in [0.15, 0.2) is 0 Å². The Bertz CT molecular complexity index is 239. The fourth-order valence-electron chi connectivity index (χ4n) is 0. The van der Waals surface area contributed by atoms with E-state index in [2.05, 4.69) is 0 Å². The van der Waals surface area contributed by atoms with Gasteiger partial charge in [0.2, 0.25) is 0 Å². The molecule has 0 unspecified atom stereocenters. The minimum atomic E-state index is -2.17. The van der Waals surface area contributed by atoms with Gasteiger partial charge in [0.25, 0.3) is 0 Å². The van der Waals surface area contributed by atoms with E-state index in [-0.39, 0.29) is 31.0 Å². The maximum absolute atomic E-state index is 7.17. The SMILES string of the molecule is OB(O)O.OB(O)O.OB(O)O.OB(O)O.OB(O)O.OB(O)O.OB(O)O.OB(O)O.OB(O)O.OB(O)O.OB(O)O.OB(O)O.[H-].[Na+]. The monoisotopic (exact) mass is 768 g/mol. The molecule has 0 amide bonds. The van der Waals surface area contributed by atoms with Gasteiger partial charge < -0.3 is 182 Å². The van der Waals surface area contributed by atoms with Crippen LogP contribution in [0.25, 0.3) is 0 Å². The van der Waals surface area contributed by atoms with Gasteiger partial charge >= 0.3 is 117 Å². The zero-order chi connectivity index (χ0) is 42.9. The summed E-state index contributed by atoms with van der Waals surface area (Å²) in [5.41, 5.74) is 0. The van der Waals surface area contributed by atoms with E-state index in [1.54, 1.807) is 0 Å². The van der Waals surface area contributed by atoms with E-state index in [1.807, 2.05) is 0 Å². The first-order chi connectivity index (χ1) is 20.8. The summed E-state index contributed by atoms with van der Waals surface area (Å²) >= 11 is 0. The van der Waals surface area contributed by atoms with Crippen LogP contribution in [0.3, 0.4) is 0 Å². The van der Waals surface area contributed by atoms with Crippen molar-refractivity contribution in [3.05, 3.63) is 0 Å². The van der Waals surface area contributed by atoms with E-state index in [0.717, 1.165) is 0 Å². The van der Waals surface area contributed by atoms with Crippen LogP contribution in [0, 0.1) is 0 Å². The summed E-state index contributed by atoms with van der Waals surface area (Å²) in [7, 11) is -26.0. The molecule has 0 saturated heterocycles. The molecule has 36 N–H and O–H groups in total. The molecule has 0 aromatic rings. The van der Waals surface area contributed by atoms with Crippen molar-refractivity contribution in [2.75, 3.05) is 0 Å². The van der Waals surface area contributed by atoms with Gasteiger partial charge in [-0.3, -0.25) is 0 Å². The molecule has 0 rings (SSSR count). The van der Waals surface area contributed by atoms with Gasteiger partial charge in [0.05, 0.1) is 0 Å². The first-order valence-corrected chi connectivity index (χ1v) is 9.30. The number of hydrogen-bond donors (Lipinski definition) is 36. The smallest absolute Gasteiger partial charge is 1.00 e. The molecule has 49 heavy (non-hydrogen) atoms.